The molecule has 0 atom stereocenters. The van der Waals surface area contributed by atoms with Crippen LogP contribution in [-0.4, -0.2) is 30.6 Å². The Labute approximate surface area is 186 Å². The van der Waals surface area contributed by atoms with Crippen LogP contribution < -0.4 is 10.6 Å². The van der Waals surface area contributed by atoms with Crippen molar-refractivity contribution < 1.29 is 18.0 Å². The Bertz CT molecular complexity index is 1250. The monoisotopic (exact) mass is 453 g/mol. The van der Waals surface area contributed by atoms with Crippen molar-refractivity contribution in [3.05, 3.63) is 78.5 Å². The fourth-order valence-electron chi connectivity index (χ4n) is 3.01. The summed E-state index contributed by atoms with van der Waals surface area (Å²) < 4.78 is 39.9. The number of aromatic nitrogens is 5. The third-order valence-electron chi connectivity index (χ3n) is 4.57. The summed E-state index contributed by atoms with van der Waals surface area (Å²) in [6, 6.07) is 10.5. The molecule has 2 N–H and O–H groups in total. The highest BCUT2D eigenvalue weighted by atomic mass is 19.4. The number of alkyl halides is 3. The van der Waals surface area contributed by atoms with Gasteiger partial charge in [-0.15, -0.1) is 0 Å². The van der Waals surface area contributed by atoms with Gasteiger partial charge in [0.2, 0.25) is 11.9 Å². The zero-order valence-corrected chi connectivity index (χ0v) is 17.3. The molecule has 4 aromatic rings. The maximum Gasteiger partial charge on any atom is 0.433 e. The zero-order valence-electron chi connectivity index (χ0n) is 17.3. The summed E-state index contributed by atoms with van der Waals surface area (Å²) in [5.74, 6) is -0.185. The van der Waals surface area contributed by atoms with Gasteiger partial charge in [-0.3, -0.25) is 9.48 Å². The fourth-order valence-corrected chi connectivity index (χ4v) is 3.01. The van der Waals surface area contributed by atoms with Crippen LogP contribution in [0.25, 0.3) is 11.1 Å². The van der Waals surface area contributed by atoms with Crippen molar-refractivity contribution in [1.82, 2.24) is 24.7 Å². The van der Waals surface area contributed by atoms with Crippen molar-refractivity contribution in [2.75, 3.05) is 10.6 Å². The largest absolute Gasteiger partial charge is 0.433 e. The Morgan fingerprint density at radius 1 is 1.00 bits per heavy atom. The highest BCUT2D eigenvalue weighted by Gasteiger charge is 2.32. The second-order valence-electron chi connectivity index (χ2n) is 7.15. The van der Waals surface area contributed by atoms with Gasteiger partial charge in [-0.2, -0.15) is 18.3 Å². The molecular weight excluding hydrogens is 435 g/mol. The van der Waals surface area contributed by atoms with E-state index in [1.807, 2.05) is 19.2 Å². The molecule has 0 radical (unpaired) electrons. The first kappa shape index (κ1) is 21.9. The van der Waals surface area contributed by atoms with E-state index < -0.39 is 17.8 Å². The Hall–Kier alpha value is -4.28. The molecule has 1 amide bonds. The summed E-state index contributed by atoms with van der Waals surface area (Å²) in [7, 11) is 1.81. The van der Waals surface area contributed by atoms with Crippen molar-refractivity contribution in [2.45, 2.75) is 12.6 Å². The molecule has 8 nitrogen and oxygen atoms in total. The van der Waals surface area contributed by atoms with Crippen LogP contribution in [0.4, 0.5) is 30.6 Å². The number of hydrogen-bond donors (Lipinski definition) is 2. The lowest BCUT2D eigenvalue weighted by Gasteiger charge is -2.09. The lowest BCUT2D eigenvalue weighted by Crippen LogP contribution is -2.17. The predicted molar refractivity (Wildman–Crippen MR) is 116 cm³/mol. The third kappa shape index (κ3) is 5.70. The van der Waals surface area contributed by atoms with E-state index in [9.17, 15) is 18.0 Å². The van der Waals surface area contributed by atoms with Crippen molar-refractivity contribution in [3.63, 3.8) is 0 Å². The van der Waals surface area contributed by atoms with Crippen LogP contribution in [0.5, 0.6) is 0 Å². The number of benzene rings is 1. The number of halogens is 3. The van der Waals surface area contributed by atoms with Gasteiger partial charge in [-0.05, 0) is 23.3 Å². The SMILES string of the molecule is Cn1cc(Nc2ncc(-c3ccc(CC(=O)Nc4cccc(C(F)(F)F)n4)cc3)cn2)cn1. The van der Waals surface area contributed by atoms with Gasteiger partial charge >= 0.3 is 6.18 Å². The first-order chi connectivity index (χ1) is 15.8. The fraction of sp³-hybridized carbons (Fsp3) is 0.136. The number of aryl methyl sites for hydroxylation is 1. The minimum atomic E-state index is -4.58. The highest BCUT2D eigenvalue weighted by molar-refractivity contribution is 5.91. The summed E-state index contributed by atoms with van der Waals surface area (Å²) in [5.41, 5.74) is 2.04. The molecule has 4 rings (SSSR count). The smallest absolute Gasteiger partial charge is 0.321 e. The first-order valence-corrected chi connectivity index (χ1v) is 9.77. The summed E-state index contributed by atoms with van der Waals surface area (Å²) in [5, 5.41) is 9.51. The number of rotatable bonds is 6. The highest BCUT2D eigenvalue weighted by Crippen LogP contribution is 2.28. The lowest BCUT2D eigenvalue weighted by molar-refractivity contribution is -0.141. The van der Waals surface area contributed by atoms with E-state index in [4.69, 9.17) is 0 Å². The summed E-state index contributed by atoms with van der Waals surface area (Å²) in [6.45, 7) is 0. The molecule has 33 heavy (non-hydrogen) atoms. The maximum atomic E-state index is 12.8. The molecule has 11 heteroatoms. The Kier molecular flexibility index (Phi) is 6.03. The van der Waals surface area contributed by atoms with Crippen LogP contribution in [0, 0.1) is 0 Å². The molecule has 0 fully saturated rings. The van der Waals surface area contributed by atoms with Crippen molar-refractivity contribution in [3.8, 4) is 11.1 Å². The lowest BCUT2D eigenvalue weighted by atomic mass is 10.1. The molecule has 0 saturated heterocycles. The Morgan fingerprint density at radius 3 is 2.36 bits per heavy atom. The number of nitrogens with one attached hydrogen (secondary N) is 2. The van der Waals surface area contributed by atoms with Gasteiger partial charge in [-0.1, -0.05) is 30.3 Å². The minimum Gasteiger partial charge on any atom is -0.321 e. The average molecular weight is 453 g/mol. The van der Waals surface area contributed by atoms with Crippen LogP contribution in [0.1, 0.15) is 11.3 Å². The minimum absolute atomic E-state index is 0.0112. The van der Waals surface area contributed by atoms with Crippen LogP contribution >= 0.6 is 0 Å². The van der Waals surface area contributed by atoms with Gasteiger partial charge in [0.1, 0.15) is 11.5 Å². The van der Waals surface area contributed by atoms with Gasteiger partial charge in [0.15, 0.2) is 0 Å². The second-order valence-corrected chi connectivity index (χ2v) is 7.15. The molecule has 0 saturated carbocycles. The molecule has 1 aromatic carbocycles. The Balaban J connectivity index is 1.36. The number of hydrogen-bond acceptors (Lipinski definition) is 6. The number of amides is 1. The van der Waals surface area contributed by atoms with E-state index in [0.717, 1.165) is 22.9 Å². The van der Waals surface area contributed by atoms with E-state index >= 15 is 0 Å². The topological polar surface area (TPSA) is 97.6 Å². The van der Waals surface area contributed by atoms with E-state index in [0.29, 0.717) is 11.5 Å². The van der Waals surface area contributed by atoms with Crippen LogP contribution in [-0.2, 0) is 24.4 Å². The number of anilines is 3. The van der Waals surface area contributed by atoms with Crippen LogP contribution in [0.2, 0.25) is 0 Å². The van der Waals surface area contributed by atoms with Gasteiger partial charge in [-0.25, -0.2) is 15.0 Å². The van der Waals surface area contributed by atoms with Crippen LogP contribution in [0.15, 0.2) is 67.3 Å². The standard InChI is InChI=1S/C22H18F3N7O/c1-32-13-17(12-28-32)29-21-26-10-16(11-27-21)15-7-5-14(6-8-15)9-20(33)31-19-4-2-3-18(30-19)22(23,24)25/h2-8,10-13H,9H2,1H3,(H,26,27,29)(H,30,31,33). The van der Waals surface area contributed by atoms with Crippen molar-refractivity contribution in [2.24, 2.45) is 7.05 Å². The molecule has 0 aliphatic rings. The molecule has 0 unspecified atom stereocenters. The normalized spacial score (nSPS) is 11.3. The van der Waals surface area contributed by atoms with E-state index in [1.165, 1.54) is 12.1 Å². The predicted octanol–water partition coefficient (Wildman–Crippen LogP) is 4.22. The van der Waals surface area contributed by atoms with Crippen molar-refractivity contribution >= 4 is 23.4 Å². The number of pyridine rings is 1. The Morgan fingerprint density at radius 2 is 1.73 bits per heavy atom. The van der Waals surface area contributed by atoms with Gasteiger partial charge in [0.05, 0.1) is 18.3 Å². The first-order valence-electron chi connectivity index (χ1n) is 9.77. The third-order valence-corrected chi connectivity index (χ3v) is 4.57. The quantitative estimate of drug-likeness (QED) is 0.454. The molecule has 0 aliphatic heterocycles. The van der Waals surface area contributed by atoms with Gasteiger partial charge < -0.3 is 10.6 Å². The summed E-state index contributed by atoms with van der Waals surface area (Å²) in [6.07, 6.45) is 2.22. The molecule has 168 valence electrons. The van der Waals surface area contributed by atoms with E-state index in [-0.39, 0.29) is 12.2 Å². The molecule has 0 aliphatic carbocycles. The number of nitrogens with zero attached hydrogens (tertiary/aromatic N) is 5. The molecular formula is C22H18F3N7O. The number of carbonyl (C=O) groups is 1. The summed E-state index contributed by atoms with van der Waals surface area (Å²) in [4.78, 5) is 24.2. The van der Waals surface area contributed by atoms with Crippen molar-refractivity contribution in [1.29, 1.82) is 0 Å². The number of carbonyl (C=O) groups excluding carboxylic acids is 1. The molecule has 0 spiro atoms. The second kappa shape index (κ2) is 9.07. The molecule has 0 bridgehead atoms. The zero-order chi connectivity index (χ0) is 23.4. The summed E-state index contributed by atoms with van der Waals surface area (Å²) >= 11 is 0. The van der Waals surface area contributed by atoms with Crippen LogP contribution in [0.3, 0.4) is 0 Å². The van der Waals surface area contributed by atoms with Gasteiger partial charge in [0.25, 0.3) is 0 Å². The molecule has 3 heterocycles. The maximum absolute atomic E-state index is 12.8. The van der Waals surface area contributed by atoms with E-state index in [2.05, 4.69) is 30.7 Å². The average Bonchev–Trinajstić information content (AvgIpc) is 3.19. The molecule has 3 aromatic heterocycles. The van der Waals surface area contributed by atoms with Gasteiger partial charge in [0, 0.05) is 31.2 Å². The van der Waals surface area contributed by atoms with E-state index in [1.54, 1.807) is 41.6 Å².